The summed E-state index contributed by atoms with van der Waals surface area (Å²) in [6, 6.07) is 7.03. The maximum absolute atomic E-state index is 13.0. The lowest BCUT2D eigenvalue weighted by Gasteiger charge is -2.07. The molecule has 2 nitrogen and oxygen atoms in total. The van der Waals surface area contributed by atoms with Crippen LogP contribution in [0.4, 0.5) is 4.39 Å². The second-order valence-electron chi connectivity index (χ2n) is 4.29. The van der Waals surface area contributed by atoms with E-state index in [0.29, 0.717) is 0 Å². The SMILES string of the molecule is CNCc1ccn(Cc2ccc(F)cc2C)c1. The molecule has 0 unspecified atom stereocenters. The Hall–Kier alpha value is -1.61. The Bertz CT molecular complexity index is 503. The predicted octanol–water partition coefficient (Wildman–Crippen LogP) is 2.70. The molecule has 0 radical (unpaired) electrons. The largest absolute Gasteiger partial charge is 0.350 e. The van der Waals surface area contributed by atoms with Gasteiger partial charge < -0.3 is 9.88 Å². The van der Waals surface area contributed by atoms with Crippen LogP contribution in [0.5, 0.6) is 0 Å². The standard InChI is InChI=1S/C14H17FN2/c1-11-7-14(15)4-3-13(11)10-17-6-5-12(9-17)8-16-2/h3-7,9,16H,8,10H2,1-2H3. The molecule has 0 aliphatic carbocycles. The summed E-state index contributed by atoms with van der Waals surface area (Å²) in [5.41, 5.74) is 3.40. The minimum Gasteiger partial charge on any atom is -0.350 e. The third-order valence-corrected chi connectivity index (χ3v) is 2.85. The average molecular weight is 232 g/mol. The van der Waals surface area contributed by atoms with E-state index in [1.54, 1.807) is 6.07 Å². The van der Waals surface area contributed by atoms with Crippen molar-refractivity contribution >= 4 is 0 Å². The molecule has 0 saturated carbocycles. The molecule has 2 rings (SSSR count). The predicted molar refractivity (Wildman–Crippen MR) is 67.4 cm³/mol. The zero-order valence-corrected chi connectivity index (χ0v) is 10.2. The first-order valence-corrected chi connectivity index (χ1v) is 5.73. The van der Waals surface area contributed by atoms with E-state index < -0.39 is 0 Å². The van der Waals surface area contributed by atoms with Crippen molar-refractivity contribution in [2.75, 3.05) is 7.05 Å². The van der Waals surface area contributed by atoms with Crippen LogP contribution in [0.15, 0.2) is 36.7 Å². The number of nitrogens with one attached hydrogen (secondary N) is 1. The van der Waals surface area contributed by atoms with E-state index >= 15 is 0 Å². The molecule has 1 N–H and O–H groups in total. The highest BCUT2D eigenvalue weighted by molar-refractivity contribution is 5.27. The van der Waals surface area contributed by atoms with E-state index in [4.69, 9.17) is 0 Å². The quantitative estimate of drug-likeness (QED) is 0.857. The minimum atomic E-state index is -0.172. The minimum absolute atomic E-state index is 0.172. The van der Waals surface area contributed by atoms with E-state index in [1.165, 1.54) is 11.6 Å². The van der Waals surface area contributed by atoms with Crippen LogP contribution >= 0.6 is 0 Å². The van der Waals surface area contributed by atoms with Crippen molar-refractivity contribution in [3.63, 3.8) is 0 Å². The third kappa shape index (κ3) is 2.94. The summed E-state index contributed by atoms with van der Waals surface area (Å²) < 4.78 is 15.1. The van der Waals surface area contributed by atoms with E-state index in [2.05, 4.69) is 28.3 Å². The molecule has 0 amide bonds. The van der Waals surface area contributed by atoms with Crippen LogP contribution in [0.3, 0.4) is 0 Å². The van der Waals surface area contributed by atoms with Gasteiger partial charge >= 0.3 is 0 Å². The first kappa shape index (κ1) is 11.9. The van der Waals surface area contributed by atoms with Crippen LogP contribution in [0.25, 0.3) is 0 Å². The Morgan fingerprint density at radius 2 is 2.12 bits per heavy atom. The molecule has 0 atom stereocenters. The van der Waals surface area contributed by atoms with Crippen molar-refractivity contribution in [1.29, 1.82) is 0 Å². The number of nitrogens with zero attached hydrogens (tertiary/aromatic N) is 1. The molecule has 1 heterocycles. The molecule has 0 aliphatic heterocycles. The van der Waals surface area contributed by atoms with Gasteiger partial charge in [0.15, 0.2) is 0 Å². The number of rotatable bonds is 4. The lowest BCUT2D eigenvalue weighted by Crippen LogP contribution is -2.04. The van der Waals surface area contributed by atoms with Gasteiger partial charge in [-0.2, -0.15) is 0 Å². The molecule has 1 aromatic heterocycles. The molecule has 0 fully saturated rings. The summed E-state index contributed by atoms with van der Waals surface area (Å²) >= 11 is 0. The van der Waals surface area contributed by atoms with Gasteiger partial charge in [-0.3, -0.25) is 0 Å². The van der Waals surface area contributed by atoms with E-state index in [0.717, 1.165) is 24.2 Å². The van der Waals surface area contributed by atoms with Crippen molar-refractivity contribution in [3.05, 3.63) is 59.2 Å². The molecule has 0 spiro atoms. The molecule has 2 aromatic rings. The summed E-state index contributed by atoms with van der Waals surface area (Å²) in [5.74, 6) is -0.172. The highest BCUT2D eigenvalue weighted by Crippen LogP contribution is 2.12. The maximum Gasteiger partial charge on any atom is 0.123 e. The molecule has 0 bridgehead atoms. The summed E-state index contributed by atoms with van der Waals surface area (Å²) in [6.07, 6.45) is 4.16. The highest BCUT2D eigenvalue weighted by Gasteiger charge is 2.02. The second kappa shape index (κ2) is 5.15. The number of aryl methyl sites for hydroxylation is 1. The molecule has 17 heavy (non-hydrogen) atoms. The molecule has 0 aliphatic rings. The first-order chi connectivity index (χ1) is 8.19. The Balaban J connectivity index is 2.13. The molecule has 0 saturated heterocycles. The third-order valence-electron chi connectivity index (χ3n) is 2.85. The van der Waals surface area contributed by atoms with Gasteiger partial charge in [-0.1, -0.05) is 6.07 Å². The van der Waals surface area contributed by atoms with Crippen LogP contribution < -0.4 is 5.32 Å². The van der Waals surface area contributed by atoms with Gasteiger partial charge in [0.1, 0.15) is 5.82 Å². The fourth-order valence-corrected chi connectivity index (χ4v) is 1.93. The summed E-state index contributed by atoms with van der Waals surface area (Å²) in [5, 5.41) is 3.12. The fourth-order valence-electron chi connectivity index (χ4n) is 1.93. The van der Waals surface area contributed by atoms with E-state index in [1.807, 2.05) is 20.0 Å². The van der Waals surface area contributed by atoms with Gasteiger partial charge in [0.05, 0.1) is 0 Å². The van der Waals surface area contributed by atoms with Crippen LogP contribution in [0.1, 0.15) is 16.7 Å². The van der Waals surface area contributed by atoms with E-state index in [9.17, 15) is 4.39 Å². The Morgan fingerprint density at radius 1 is 1.29 bits per heavy atom. The van der Waals surface area contributed by atoms with Gasteiger partial charge in [0, 0.05) is 25.5 Å². The van der Waals surface area contributed by atoms with Crippen molar-refractivity contribution in [2.45, 2.75) is 20.0 Å². The summed E-state index contributed by atoms with van der Waals surface area (Å²) in [4.78, 5) is 0. The highest BCUT2D eigenvalue weighted by atomic mass is 19.1. The fraction of sp³-hybridized carbons (Fsp3) is 0.286. The maximum atomic E-state index is 13.0. The van der Waals surface area contributed by atoms with Crippen LogP contribution in [0.2, 0.25) is 0 Å². The van der Waals surface area contributed by atoms with Crippen LogP contribution in [-0.4, -0.2) is 11.6 Å². The van der Waals surface area contributed by atoms with Gasteiger partial charge in [0.25, 0.3) is 0 Å². The van der Waals surface area contributed by atoms with Gasteiger partial charge in [-0.25, -0.2) is 4.39 Å². The van der Waals surface area contributed by atoms with Crippen molar-refractivity contribution in [3.8, 4) is 0 Å². The number of benzene rings is 1. The lowest BCUT2D eigenvalue weighted by atomic mass is 10.1. The lowest BCUT2D eigenvalue weighted by molar-refractivity contribution is 0.624. The van der Waals surface area contributed by atoms with Gasteiger partial charge in [0.2, 0.25) is 0 Å². The zero-order valence-electron chi connectivity index (χ0n) is 10.2. The number of halogens is 1. The molecular formula is C14H17FN2. The van der Waals surface area contributed by atoms with Gasteiger partial charge in [-0.15, -0.1) is 0 Å². The first-order valence-electron chi connectivity index (χ1n) is 5.73. The van der Waals surface area contributed by atoms with Crippen molar-refractivity contribution in [2.24, 2.45) is 0 Å². The zero-order chi connectivity index (χ0) is 12.3. The van der Waals surface area contributed by atoms with Crippen LogP contribution in [-0.2, 0) is 13.1 Å². The summed E-state index contributed by atoms with van der Waals surface area (Å²) in [7, 11) is 1.93. The average Bonchev–Trinajstić information content (AvgIpc) is 2.71. The molecular weight excluding hydrogens is 215 g/mol. The molecule has 1 aromatic carbocycles. The Morgan fingerprint density at radius 3 is 2.82 bits per heavy atom. The van der Waals surface area contributed by atoms with Gasteiger partial charge in [-0.05, 0) is 48.9 Å². The topological polar surface area (TPSA) is 17.0 Å². The summed E-state index contributed by atoms with van der Waals surface area (Å²) in [6.45, 7) is 3.60. The second-order valence-corrected chi connectivity index (χ2v) is 4.29. The Labute approximate surface area is 101 Å². The smallest absolute Gasteiger partial charge is 0.123 e. The normalized spacial score (nSPS) is 10.8. The monoisotopic (exact) mass is 232 g/mol. The van der Waals surface area contributed by atoms with Crippen molar-refractivity contribution in [1.82, 2.24) is 9.88 Å². The number of hydrogen-bond acceptors (Lipinski definition) is 1. The molecule has 90 valence electrons. The van der Waals surface area contributed by atoms with Crippen molar-refractivity contribution < 1.29 is 4.39 Å². The van der Waals surface area contributed by atoms with Crippen LogP contribution in [0, 0.1) is 12.7 Å². The Kier molecular flexibility index (Phi) is 3.59. The number of hydrogen-bond donors (Lipinski definition) is 1. The molecule has 3 heteroatoms. The van der Waals surface area contributed by atoms with E-state index in [-0.39, 0.29) is 5.82 Å². The number of aromatic nitrogens is 1.